The summed E-state index contributed by atoms with van der Waals surface area (Å²) in [7, 11) is 0. The molecule has 5 N–H and O–H groups in total. The van der Waals surface area contributed by atoms with Crippen molar-refractivity contribution in [1.29, 1.82) is 0 Å². The Morgan fingerprint density at radius 2 is 1.85 bits per heavy atom. The summed E-state index contributed by atoms with van der Waals surface area (Å²) < 4.78 is 0. The number of anilines is 1. The highest BCUT2D eigenvalue weighted by Crippen LogP contribution is 2.11. The highest BCUT2D eigenvalue weighted by Gasteiger charge is 2.11. The van der Waals surface area contributed by atoms with E-state index in [0.29, 0.717) is 17.8 Å². The molecule has 8 nitrogen and oxygen atoms in total. The van der Waals surface area contributed by atoms with Crippen LogP contribution in [0.5, 0.6) is 0 Å². The molecule has 2 rings (SSSR count). The van der Waals surface area contributed by atoms with E-state index in [1.807, 2.05) is 0 Å². The molecule has 0 radical (unpaired) electrons. The summed E-state index contributed by atoms with van der Waals surface area (Å²) in [5.41, 5.74) is 6.01. The number of rotatable bonds is 9. The number of amides is 3. The molecule has 1 aromatic carbocycles. The number of nitrogens with zero attached hydrogens (tertiary/aromatic N) is 1. The Labute approximate surface area is 153 Å². The molecule has 0 atom stereocenters. The van der Waals surface area contributed by atoms with Gasteiger partial charge >= 0.3 is 0 Å². The van der Waals surface area contributed by atoms with Crippen LogP contribution in [0, 0.1) is 0 Å². The van der Waals surface area contributed by atoms with Crippen LogP contribution in [-0.2, 0) is 9.59 Å². The summed E-state index contributed by atoms with van der Waals surface area (Å²) in [6.45, 7) is 3.56. The molecular formula is C18H27N5O3. The fourth-order valence-corrected chi connectivity index (χ4v) is 2.86. The summed E-state index contributed by atoms with van der Waals surface area (Å²) in [5.74, 6) is -1.00. The van der Waals surface area contributed by atoms with Gasteiger partial charge < -0.3 is 21.3 Å². The molecule has 0 spiro atoms. The maximum Gasteiger partial charge on any atom is 0.251 e. The summed E-state index contributed by atoms with van der Waals surface area (Å²) in [6, 6.07) is 6.75. The molecule has 0 bridgehead atoms. The molecule has 1 aliphatic rings. The average molecular weight is 361 g/mol. The van der Waals surface area contributed by atoms with E-state index in [-0.39, 0.29) is 24.9 Å². The van der Waals surface area contributed by atoms with Crippen LogP contribution in [0.3, 0.4) is 0 Å². The van der Waals surface area contributed by atoms with Crippen LogP contribution < -0.4 is 21.7 Å². The number of nitrogens with two attached hydrogens (primary N) is 1. The lowest BCUT2D eigenvalue weighted by Gasteiger charge is -2.26. The first-order valence-electron chi connectivity index (χ1n) is 8.94. The van der Waals surface area contributed by atoms with Crippen molar-refractivity contribution < 1.29 is 14.4 Å². The van der Waals surface area contributed by atoms with E-state index in [1.54, 1.807) is 24.3 Å². The Morgan fingerprint density at radius 1 is 1.08 bits per heavy atom. The van der Waals surface area contributed by atoms with Crippen molar-refractivity contribution in [3.63, 3.8) is 0 Å². The Morgan fingerprint density at radius 3 is 2.58 bits per heavy atom. The van der Waals surface area contributed by atoms with Gasteiger partial charge in [-0.3, -0.25) is 19.7 Å². The number of likely N-dealkylation sites (tertiary alicyclic amines) is 1. The van der Waals surface area contributed by atoms with Gasteiger partial charge in [0.1, 0.15) is 0 Å². The zero-order chi connectivity index (χ0) is 18.8. The number of benzene rings is 1. The van der Waals surface area contributed by atoms with Crippen LogP contribution in [-0.4, -0.2) is 61.9 Å². The second kappa shape index (κ2) is 10.5. The number of hydrogen-bond donors (Lipinski definition) is 4. The number of nitrogens with one attached hydrogen (secondary N) is 3. The Hall–Kier alpha value is -2.45. The summed E-state index contributed by atoms with van der Waals surface area (Å²) in [4.78, 5) is 37.0. The van der Waals surface area contributed by atoms with Crippen LogP contribution >= 0.6 is 0 Å². The molecule has 0 saturated carbocycles. The van der Waals surface area contributed by atoms with Crippen molar-refractivity contribution in [3.05, 3.63) is 29.8 Å². The Balaban J connectivity index is 1.76. The number of hydrogen-bond acceptors (Lipinski definition) is 5. The average Bonchev–Trinajstić information content (AvgIpc) is 2.62. The Kier molecular flexibility index (Phi) is 8.04. The van der Waals surface area contributed by atoms with Crippen molar-refractivity contribution >= 4 is 23.4 Å². The molecular weight excluding hydrogens is 334 g/mol. The van der Waals surface area contributed by atoms with Crippen LogP contribution in [0.25, 0.3) is 0 Å². The summed E-state index contributed by atoms with van der Waals surface area (Å²) in [5, 5.41) is 8.22. The van der Waals surface area contributed by atoms with Gasteiger partial charge in [0.15, 0.2) is 0 Å². The second-order valence-electron chi connectivity index (χ2n) is 6.36. The maximum atomic E-state index is 12.3. The molecule has 3 amide bonds. The molecule has 0 aliphatic carbocycles. The van der Waals surface area contributed by atoms with Gasteiger partial charge in [0.25, 0.3) is 5.91 Å². The van der Waals surface area contributed by atoms with Crippen molar-refractivity contribution in [2.75, 3.05) is 44.6 Å². The van der Waals surface area contributed by atoms with E-state index in [0.717, 1.165) is 19.6 Å². The quantitative estimate of drug-likeness (QED) is 0.491. The Bertz CT molecular complexity index is 629. The molecule has 8 heteroatoms. The summed E-state index contributed by atoms with van der Waals surface area (Å²) >= 11 is 0. The minimum atomic E-state index is -0.527. The van der Waals surface area contributed by atoms with Crippen molar-refractivity contribution in [2.45, 2.75) is 19.3 Å². The van der Waals surface area contributed by atoms with Gasteiger partial charge in [-0.05, 0) is 44.1 Å². The number of carbonyl (C=O) groups excluding carboxylic acids is 3. The first kappa shape index (κ1) is 19.9. The van der Waals surface area contributed by atoms with Gasteiger partial charge in [-0.1, -0.05) is 12.5 Å². The lowest BCUT2D eigenvalue weighted by Crippen LogP contribution is -2.37. The zero-order valence-corrected chi connectivity index (χ0v) is 14.9. The number of primary amides is 1. The van der Waals surface area contributed by atoms with E-state index in [4.69, 9.17) is 5.73 Å². The molecule has 0 aromatic heterocycles. The standard InChI is InChI=1S/C18H27N5O3/c19-16(24)12-20-13-17(25)22-15-6-4-5-14(11-15)18(26)21-7-10-23-8-2-1-3-9-23/h4-6,11,20H,1-3,7-10,12-13H2,(H2,19,24)(H,21,26)(H,22,25). The number of piperidine rings is 1. The molecule has 1 fully saturated rings. The third-order valence-electron chi connectivity index (χ3n) is 4.16. The van der Waals surface area contributed by atoms with Crippen LogP contribution in [0.2, 0.25) is 0 Å². The molecule has 1 aliphatic heterocycles. The van der Waals surface area contributed by atoms with E-state index in [1.165, 1.54) is 19.3 Å². The largest absolute Gasteiger partial charge is 0.369 e. The monoisotopic (exact) mass is 361 g/mol. The highest BCUT2D eigenvalue weighted by molar-refractivity contribution is 5.97. The lowest BCUT2D eigenvalue weighted by atomic mass is 10.1. The SMILES string of the molecule is NC(=O)CNCC(=O)Nc1cccc(C(=O)NCCN2CCCCC2)c1. The molecule has 1 saturated heterocycles. The van der Waals surface area contributed by atoms with E-state index in [2.05, 4.69) is 20.9 Å². The first-order valence-corrected chi connectivity index (χ1v) is 8.94. The van der Waals surface area contributed by atoms with Crippen molar-refractivity contribution in [3.8, 4) is 0 Å². The van der Waals surface area contributed by atoms with E-state index >= 15 is 0 Å². The van der Waals surface area contributed by atoms with Gasteiger partial charge in [-0.15, -0.1) is 0 Å². The first-order chi connectivity index (χ1) is 12.5. The minimum Gasteiger partial charge on any atom is -0.369 e. The van der Waals surface area contributed by atoms with Crippen LogP contribution in [0.4, 0.5) is 5.69 Å². The lowest BCUT2D eigenvalue weighted by molar-refractivity contribution is -0.117. The normalized spacial score (nSPS) is 14.6. The molecule has 142 valence electrons. The fourth-order valence-electron chi connectivity index (χ4n) is 2.86. The van der Waals surface area contributed by atoms with Crippen LogP contribution in [0.15, 0.2) is 24.3 Å². The molecule has 0 unspecified atom stereocenters. The van der Waals surface area contributed by atoms with Gasteiger partial charge in [0.05, 0.1) is 13.1 Å². The third-order valence-corrected chi connectivity index (χ3v) is 4.16. The van der Waals surface area contributed by atoms with Crippen molar-refractivity contribution in [2.24, 2.45) is 5.73 Å². The minimum absolute atomic E-state index is 0.0325. The van der Waals surface area contributed by atoms with E-state index in [9.17, 15) is 14.4 Å². The molecule has 1 aromatic rings. The predicted molar refractivity (Wildman–Crippen MR) is 99.8 cm³/mol. The second-order valence-corrected chi connectivity index (χ2v) is 6.36. The predicted octanol–water partition coefficient (Wildman–Crippen LogP) is -0.0843. The van der Waals surface area contributed by atoms with Crippen LogP contribution in [0.1, 0.15) is 29.6 Å². The third kappa shape index (κ3) is 7.20. The highest BCUT2D eigenvalue weighted by atomic mass is 16.2. The van der Waals surface area contributed by atoms with E-state index < -0.39 is 5.91 Å². The maximum absolute atomic E-state index is 12.3. The smallest absolute Gasteiger partial charge is 0.251 e. The van der Waals surface area contributed by atoms with Gasteiger partial charge in [-0.2, -0.15) is 0 Å². The summed E-state index contributed by atoms with van der Waals surface area (Å²) in [6.07, 6.45) is 3.74. The van der Waals surface area contributed by atoms with Gasteiger partial charge in [-0.25, -0.2) is 0 Å². The fraction of sp³-hybridized carbons (Fsp3) is 0.500. The molecule has 1 heterocycles. The zero-order valence-electron chi connectivity index (χ0n) is 14.9. The van der Waals surface area contributed by atoms with Crippen molar-refractivity contribution in [1.82, 2.24) is 15.5 Å². The van der Waals surface area contributed by atoms with Gasteiger partial charge in [0.2, 0.25) is 11.8 Å². The topological polar surface area (TPSA) is 117 Å². The molecule has 26 heavy (non-hydrogen) atoms. The van der Waals surface area contributed by atoms with Gasteiger partial charge in [0, 0.05) is 24.3 Å². The number of carbonyl (C=O) groups is 3.